The normalized spacial score (nSPS) is 28.0. The summed E-state index contributed by atoms with van der Waals surface area (Å²) in [6, 6.07) is 5.38. The Balaban J connectivity index is 1.06. The molecule has 9 atom stereocenters. The van der Waals surface area contributed by atoms with Crippen LogP contribution in [-0.4, -0.2) is 112 Å². The zero-order chi connectivity index (χ0) is 44.6. The molecule has 0 spiro atoms. The van der Waals surface area contributed by atoms with Crippen LogP contribution in [-0.2, 0) is 28.6 Å². The number of ether oxygens (including phenoxy) is 5. The summed E-state index contributed by atoms with van der Waals surface area (Å²) in [5.41, 5.74) is -0.408. The lowest BCUT2D eigenvalue weighted by Gasteiger charge is -2.35. The minimum absolute atomic E-state index is 0.00625. The Labute approximate surface area is 372 Å². The summed E-state index contributed by atoms with van der Waals surface area (Å²) < 4.78 is 30.3. The van der Waals surface area contributed by atoms with E-state index in [1.165, 1.54) is 22.7 Å². The lowest BCUT2D eigenvalue weighted by molar-refractivity contribution is -0.165. The number of thiazole rings is 1. The molecule has 4 heterocycles. The maximum atomic E-state index is 14.8. The van der Waals surface area contributed by atoms with Crippen LogP contribution in [0.2, 0.25) is 0 Å². The van der Waals surface area contributed by atoms with Crippen LogP contribution in [0.4, 0.5) is 9.93 Å². The molecule has 2 saturated heterocycles. The van der Waals surface area contributed by atoms with Gasteiger partial charge in [0.2, 0.25) is 11.8 Å². The number of likely N-dealkylation sites (tertiary alicyclic amines) is 1. The first kappa shape index (κ1) is 44.9. The maximum absolute atomic E-state index is 14.8. The van der Waals surface area contributed by atoms with Crippen LogP contribution in [0.5, 0.6) is 11.5 Å². The number of nitrogens with zero attached hydrogens (tertiary/aromatic N) is 3. The number of aromatic nitrogens is 2. The van der Waals surface area contributed by atoms with E-state index in [2.05, 4.69) is 16.0 Å². The van der Waals surface area contributed by atoms with Crippen LogP contribution < -0.4 is 25.4 Å². The Hall–Kier alpha value is -4.74. The second kappa shape index (κ2) is 18.4. The van der Waals surface area contributed by atoms with Gasteiger partial charge >= 0.3 is 12.1 Å². The standard InChI is InChI=1S/C46H62N6O10S/c1-7-28-22-46(28,42(55)56)51-40(53)36-20-31(23-52(36)41(54)39(45(4,5)6)50-44(57)62-30-17-26-16-27(26)18-30)61-37-21-34(35-24-63-43(49-35)47-25(2)3)48-33-19-29(11-12-32(33)37)58-14-15-60-38-10-8-9-13-59-38/h11-12,19,21,24-28,30-31,36,38-39H,7-10,13-18,20,22-23H2,1-6H3,(H,47,49)(H,50,57)(H,51,53)(H,55,56)/t26-,27+,28-,30+,31+,36+,38?,39-,46?/m1/s1. The molecule has 5 aliphatic rings. The first-order valence-corrected chi connectivity index (χ1v) is 23.5. The predicted octanol–water partition coefficient (Wildman–Crippen LogP) is 6.76. The van der Waals surface area contributed by atoms with Crippen molar-refractivity contribution in [3.8, 4) is 22.9 Å². The van der Waals surface area contributed by atoms with E-state index in [0.717, 1.165) is 37.2 Å². The Kier molecular flexibility index (Phi) is 13.1. The number of carboxylic acid groups (broad SMARTS) is 1. The number of aliphatic carboxylic acids is 1. The van der Waals surface area contributed by atoms with E-state index >= 15 is 0 Å². The maximum Gasteiger partial charge on any atom is 0.408 e. The molecule has 3 aromatic rings. The van der Waals surface area contributed by atoms with Gasteiger partial charge in [-0.2, -0.15) is 0 Å². The number of carboxylic acids is 1. The third kappa shape index (κ3) is 10.3. The highest BCUT2D eigenvalue weighted by Crippen LogP contribution is 2.52. The zero-order valence-electron chi connectivity index (χ0n) is 37.1. The van der Waals surface area contributed by atoms with Crippen molar-refractivity contribution in [3.05, 3.63) is 29.6 Å². The summed E-state index contributed by atoms with van der Waals surface area (Å²) in [6.45, 7) is 12.9. The van der Waals surface area contributed by atoms with Crippen molar-refractivity contribution in [2.24, 2.45) is 23.2 Å². The van der Waals surface area contributed by atoms with Crippen LogP contribution in [0.1, 0.15) is 99.3 Å². The van der Waals surface area contributed by atoms with Gasteiger partial charge in [0.15, 0.2) is 11.4 Å². The fraction of sp³-hybridized carbons (Fsp3) is 0.652. The van der Waals surface area contributed by atoms with Gasteiger partial charge in [-0.1, -0.05) is 34.1 Å². The minimum atomic E-state index is -1.41. The van der Waals surface area contributed by atoms with Crippen molar-refractivity contribution in [3.63, 3.8) is 0 Å². The number of amides is 3. The second-order valence-corrected chi connectivity index (χ2v) is 20.1. The van der Waals surface area contributed by atoms with E-state index in [1.54, 1.807) is 0 Å². The topological polar surface area (TPSA) is 200 Å². The number of benzene rings is 1. The van der Waals surface area contributed by atoms with Crippen LogP contribution >= 0.6 is 11.3 Å². The van der Waals surface area contributed by atoms with Gasteiger partial charge in [-0.25, -0.2) is 19.6 Å². The molecule has 5 fully saturated rings. The SMILES string of the molecule is CC[C@@H]1CC1(NC(=O)[C@@H]1C[C@H](Oc2cc(-c3csc(NC(C)C)n3)nc3cc(OCCOC4CCCCO4)ccc23)CN1C(=O)[C@@H](NC(=O)O[C@@H]1C[C@@H]2C[C@@H]2C1)C(C)(C)C)C(=O)O. The molecule has 16 nitrogen and oxygen atoms in total. The fourth-order valence-electron chi connectivity index (χ4n) is 9.40. The molecule has 0 radical (unpaired) electrons. The number of carbonyl (C=O) groups excluding carboxylic acids is 3. The summed E-state index contributed by atoms with van der Waals surface area (Å²) in [5, 5.41) is 22.6. The Morgan fingerprint density at radius 2 is 1.81 bits per heavy atom. The van der Waals surface area contributed by atoms with E-state index in [9.17, 15) is 24.3 Å². The van der Waals surface area contributed by atoms with E-state index < -0.39 is 53.0 Å². The molecule has 3 aliphatic carbocycles. The van der Waals surface area contributed by atoms with Gasteiger partial charge in [0, 0.05) is 42.0 Å². The highest BCUT2D eigenvalue weighted by molar-refractivity contribution is 7.14. The highest BCUT2D eigenvalue weighted by Gasteiger charge is 2.61. The second-order valence-electron chi connectivity index (χ2n) is 19.3. The van der Waals surface area contributed by atoms with Crippen molar-refractivity contribution in [1.82, 2.24) is 25.5 Å². The highest BCUT2D eigenvalue weighted by atomic mass is 32.1. The monoisotopic (exact) mass is 890 g/mol. The molecule has 63 heavy (non-hydrogen) atoms. The van der Waals surface area contributed by atoms with E-state index in [-0.39, 0.29) is 37.3 Å². The molecule has 3 amide bonds. The molecule has 342 valence electrons. The van der Waals surface area contributed by atoms with Gasteiger partial charge < -0.3 is 49.6 Å². The Bertz CT molecular complexity index is 2160. The average Bonchev–Trinajstić information content (AvgIpc) is 3.91. The first-order valence-electron chi connectivity index (χ1n) is 22.6. The summed E-state index contributed by atoms with van der Waals surface area (Å²) in [5.74, 6) is -0.144. The van der Waals surface area contributed by atoms with Gasteiger partial charge in [0.05, 0.1) is 24.4 Å². The van der Waals surface area contributed by atoms with E-state index in [0.29, 0.717) is 78.3 Å². The summed E-state index contributed by atoms with van der Waals surface area (Å²) in [7, 11) is 0. The van der Waals surface area contributed by atoms with Crippen molar-refractivity contribution >= 4 is 51.2 Å². The van der Waals surface area contributed by atoms with Gasteiger partial charge in [0.1, 0.15) is 53.6 Å². The molecule has 1 aromatic carbocycles. The van der Waals surface area contributed by atoms with Crippen LogP contribution in [0.25, 0.3) is 22.3 Å². The number of alkyl carbamates (subject to hydrolysis) is 1. The summed E-state index contributed by atoms with van der Waals surface area (Å²) >= 11 is 1.46. The minimum Gasteiger partial charge on any atom is -0.491 e. The number of carbonyl (C=O) groups is 4. The van der Waals surface area contributed by atoms with Crippen molar-refractivity contribution in [2.45, 2.75) is 141 Å². The largest absolute Gasteiger partial charge is 0.491 e. The number of hydrogen-bond donors (Lipinski definition) is 4. The van der Waals surface area contributed by atoms with Gasteiger partial charge in [-0.05, 0) is 94.1 Å². The average molecular weight is 891 g/mol. The molecule has 2 aliphatic heterocycles. The lowest BCUT2D eigenvalue weighted by Crippen LogP contribution is -2.59. The van der Waals surface area contributed by atoms with Crippen molar-refractivity contribution in [1.29, 1.82) is 0 Å². The first-order chi connectivity index (χ1) is 30.1. The predicted molar refractivity (Wildman–Crippen MR) is 236 cm³/mol. The molecular formula is C46H62N6O10S. The van der Waals surface area contributed by atoms with Gasteiger partial charge in [0.25, 0.3) is 0 Å². The third-order valence-corrected chi connectivity index (χ3v) is 13.8. The summed E-state index contributed by atoms with van der Waals surface area (Å²) in [6.07, 6.45) is 4.97. The zero-order valence-corrected chi connectivity index (χ0v) is 38.0. The van der Waals surface area contributed by atoms with Crippen molar-refractivity contribution < 1.29 is 48.0 Å². The number of pyridine rings is 1. The van der Waals surface area contributed by atoms with Gasteiger partial charge in [-0.15, -0.1) is 11.3 Å². The number of rotatable bonds is 17. The molecule has 3 saturated carbocycles. The summed E-state index contributed by atoms with van der Waals surface area (Å²) in [4.78, 5) is 66.2. The smallest absolute Gasteiger partial charge is 0.408 e. The van der Waals surface area contributed by atoms with Crippen LogP contribution in [0.3, 0.4) is 0 Å². The van der Waals surface area contributed by atoms with Crippen LogP contribution in [0, 0.1) is 23.2 Å². The van der Waals surface area contributed by atoms with E-state index in [4.69, 9.17) is 33.7 Å². The van der Waals surface area contributed by atoms with E-state index in [1.807, 2.05) is 71.2 Å². The number of anilines is 1. The third-order valence-electron chi connectivity index (χ3n) is 13.0. The number of fused-ring (bicyclic) bond motifs is 2. The molecule has 8 rings (SSSR count). The molecule has 0 bridgehead atoms. The van der Waals surface area contributed by atoms with Crippen LogP contribution in [0.15, 0.2) is 29.6 Å². The number of nitrogens with one attached hydrogen (secondary N) is 3. The molecule has 2 unspecified atom stereocenters. The fourth-order valence-corrected chi connectivity index (χ4v) is 10.3. The van der Waals surface area contributed by atoms with Gasteiger partial charge in [-0.3, -0.25) is 9.59 Å². The molecule has 2 aromatic heterocycles. The molecule has 4 N–H and O–H groups in total. The van der Waals surface area contributed by atoms with Crippen molar-refractivity contribution in [2.75, 3.05) is 31.7 Å². The molecular weight excluding hydrogens is 829 g/mol. The Morgan fingerprint density at radius 3 is 2.49 bits per heavy atom. The Morgan fingerprint density at radius 1 is 1.02 bits per heavy atom. The lowest BCUT2D eigenvalue weighted by atomic mass is 9.85. The molecule has 17 heteroatoms. The quantitative estimate of drug-likeness (QED) is 0.104. The number of hydrogen-bond acceptors (Lipinski definition) is 13.